The van der Waals surface area contributed by atoms with Crippen LogP contribution in [0.15, 0.2) is 18.2 Å². The van der Waals surface area contributed by atoms with Gasteiger partial charge >= 0.3 is 0 Å². The van der Waals surface area contributed by atoms with Crippen molar-refractivity contribution in [2.24, 2.45) is 5.92 Å². The Balaban J connectivity index is 1.74. The zero-order valence-electron chi connectivity index (χ0n) is 9.53. The van der Waals surface area contributed by atoms with E-state index in [2.05, 4.69) is 4.90 Å². The number of halogens is 2. The average molecular weight is 272 g/mol. The Morgan fingerprint density at radius 2 is 1.94 bits per heavy atom. The number of rotatable bonds is 2. The van der Waals surface area contributed by atoms with Crippen molar-refractivity contribution in [3.05, 3.63) is 28.2 Å². The van der Waals surface area contributed by atoms with E-state index in [9.17, 15) is 0 Å². The van der Waals surface area contributed by atoms with Gasteiger partial charge in [0.15, 0.2) is 0 Å². The van der Waals surface area contributed by atoms with E-state index >= 15 is 0 Å². The van der Waals surface area contributed by atoms with Gasteiger partial charge in [-0.2, -0.15) is 0 Å². The molecule has 0 saturated carbocycles. The third-order valence-electron chi connectivity index (χ3n) is 3.77. The average Bonchev–Trinajstić information content (AvgIpc) is 2.34. The smallest absolute Gasteiger partial charge is 0.138 e. The van der Waals surface area contributed by atoms with Crippen LogP contribution in [0.2, 0.25) is 10.0 Å². The van der Waals surface area contributed by atoms with Crippen molar-refractivity contribution >= 4 is 23.2 Å². The second-order valence-electron chi connectivity index (χ2n) is 4.87. The van der Waals surface area contributed by atoms with Crippen molar-refractivity contribution in [3.63, 3.8) is 0 Å². The molecule has 3 heterocycles. The molecular formula is C13H15Cl2NO. The zero-order chi connectivity index (χ0) is 11.8. The maximum atomic E-state index is 6.13. The molecule has 1 unspecified atom stereocenters. The molecule has 2 bridgehead atoms. The largest absolute Gasteiger partial charge is 0.487 e. The minimum atomic E-state index is 0.288. The SMILES string of the molecule is Clc1ccc(OC2CN3CCC2CC3)c(Cl)c1. The Kier molecular flexibility index (Phi) is 3.20. The number of piperidine rings is 3. The van der Waals surface area contributed by atoms with Crippen LogP contribution in [0.25, 0.3) is 0 Å². The van der Waals surface area contributed by atoms with Crippen LogP contribution < -0.4 is 4.74 Å². The van der Waals surface area contributed by atoms with Gasteiger partial charge in [0.1, 0.15) is 11.9 Å². The first kappa shape index (κ1) is 11.6. The van der Waals surface area contributed by atoms with Crippen LogP contribution in [0, 0.1) is 5.92 Å². The molecule has 0 aromatic heterocycles. The fourth-order valence-corrected chi connectivity index (χ4v) is 3.23. The molecule has 1 aromatic rings. The summed E-state index contributed by atoms with van der Waals surface area (Å²) in [6.45, 7) is 3.47. The van der Waals surface area contributed by atoms with Gasteiger partial charge in [0, 0.05) is 11.6 Å². The van der Waals surface area contributed by atoms with Gasteiger partial charge in [-0.3, -0.25) is 4.90 Å². The molecule has 3 aliphatic rings. The molecule has 0 radical (unpaired) electrons. The summed E-state index contributed by atoms with van der Waals surface area (Å²) < 4.78 is 6.04. The molecule has 3 aliphatic heterocycles. The highest BCUT2D eigenvalue weighted by atomic mass is 35.5. The predicted octanol–water partition coefficient (Wildman–Crippen LogP) is 3.47. The van der Waals surface area contributed by atoms with Crippen LogP contribution >= 0.6 is 23.2 Å². The first-order chi connectivity index (χ1) is 8.22. The highest BCUT2D eigenvalue weighted by Gasteiger charge is 2.35. The third kappa shape index (κ3) is 2.40. The lowest BCUT2D eigenvalue weighted by Gasteiger charge is -2.44. The number of hydrogen-bond donors (Lipinski definition) is 0. The van der Waals surface area contributed by atoms with Gasteiger partial charge in [0.25, 0.3) is 0 Å². The summed E-state index contributed by atoms with van der Waals surface area (Å²) in [5, 5.41) is 1.25. The van der Waals surface area contributed by atoms with E-state index in [-0.39, 0.29) is 6.10 Å². The van der Waals surface area contributed by atoms with E-state index in [1.54, 1.807) is 6.07 Å². The van der Waals surface area contributed by atoms with Crippen LogP contribution in [0.1, 0.15) is 12.8 Å². The Hall–Kier alpha value is -0.440. The number of benzene rings is 1. The number of nitrogens with zero attached hydrogens (tertiary/aromatic N) is 1. The van der Waals surface area contributed by atoms with Crippen molar-refractivity contribution < 1.29 is 4.74 Å². The number of fused-ring (bicyclic) bond motifs is 3. The van der Waals surface area contributed by atoms with Crippen LogP contribution in [-0.2, 0) is 0 Å². The topological polar surface area (TPSA) is 12.5 Å². The molecule has 0 aliphatic carbocycles. The van der Waals surface area contributed by atoms with Crippen LogP contribution in [0.5, 0.6) is 5.75 Å². The van der Waals surface area contributed by atoms with Crippen molar-refractivity contribution in [1.29, 1.82) is 0 Å². The molecule has 1 aromatic carbocycles. The van der Waals surface area contributed by atoms with E-state index in [1.807, 2.05) is 12.1 Å². The molecular weight excluding hydrogens is 257 g/mol. The second-order valence-corrected chi connectivity index (χ2v) is 5.71. The second kappa shape index (κ2) is 4.68. The monoisotopic (exact) mass is 271 g/mol. The Labute approximate surface area is 111 Å². The van der Waals surface area contributed by atoms with Gasteiger partial charge < -0.3 is 4.74 Å². The molecule has 17 heavy (non-hydrogen) atoms. The quantitative estimate of drug-likeness (QED) is 0.817. The van der Waals surface area contributed by atoms with E-state index < -0.39 is 0 Å². The summed E-state index contributed by atoms with van der Waals surface area (Å²) in [6.07, 6.45) is 2.78. The van der Waals surface area contributed by atoms with Crippen LogP contribution in [0.4, 0.5) is 0 Å². The normalized spacial score (nSPS) is 31.5. The highest BCUT2D eigenvalue weighted by Crippen LogP contribution is 2.34. The fraction of sp³-hybridized carbons (Fsp3) is 0.538. The van der Waals surface area contributed by atoms with E-state index in [0.29, 0.717) is 16.0 Å². The first-order valence-electron chi connectivity index (χ1n) is 6.06. The Morgan fingerprint density at radius 1 is 1.18 bits per heavy atom. The van der Waals surface area contributed by atoms with Crippen molar-refractivity contribution in [3.8, 4) is 5.75 Å². The zero-order valence-corrected chi connectivity index (χ0v) is 11.0. The maximum Gasteiger partial charge on any atom is 0.138 e. The van der Waals surface area contributed by atoms with Crippen molar-refractivity contribution in [2.45, 2.75) is 18.9 Å². The molecule has 0 amide bonds. The Bertz CT molecular complexity index is 416. The molecule has 3 saturated heterocycles. The maximum absolute atomic E-state index is 6.13. The molecule has 0 N–H and O–H groups in total. The molecule has 92 valence electrons. The lowest BCUT2D eigenvalue weighted by Crippen LogP contribution is -2.52. The molecule has 4 heteroatoms. The summed E-state index contributed by atoms with van der Waals surface area (Å²) in [5.74, 6) is 1.45. The fourth-order valence-electron chi connectivity index (χ4n) is 2.78. The molecule has 0 spiro atoms. The summed E-state index contributed by atoms with van der Waals surface area (Å²) in [4.78, 5) is 2.47. The first-order valence-corrected chi connectivity index (χ1v) is 6.82. The predicted molar refractivity (Wildman–Crippen MR) is 70.0 cm³/mol. The molecule has 3 fully saturated rings. The molecule has 2 nitrogen and oxygen atoms in total. The van der Waals surface area contributed by atoms with Crippen LogP contribution in [0.3, 0.4) is 0 Å². The van der Waals surface area contributed by atoms with Gasteiger partial charge in [-0.05, 0) is 50.0 Å². The van der Waals surface area contributed by atoms with Crippen molar-refractivity contribution in [1.82, 2.24) is 4.90 Å². The van der Waals surface area contributed by atoms with Gasteiger partial charge in [0.2, 0.25) is 0 Å². The van der Waals surface area contributed by atoms with Gasteiger partial charge in [0.05, 0.1) is 5.02 Å². The lowest BCUT2D eigenvalue weighted by atomic mass is 9.86. The van der Waals surface area contributed by atoms with Gasteiger partial charge in [-0.25, -0.2) is 0 Å². The highest BCUT2D eigenvalue weighted by molar-refractivity contribution is 6.35. The minimum absolute atomic E-state index is 0.288. The Morgan fingerprint density at radius 3 is 2.53 bits per heavy atom. The summed E-state index contributed by atoms with van der Waals surface area (Å²) in [7, 11) is 0. The summed E-state index contributed by atoms with van der Waals surface area (Å²) in [6, 6.07) is 5.42. The van der Waals surface area contributed by atoms with E-state index in [1.165, 1.54) is 25.9 Å². The summed E-state index contributed by atoms with van der Waals surface area (Å²) in [5.41, 5.74) is 0. The van der Waals surface area contributed by atoms with Gasteiger partial charge in [-0.15, -0.1) is 0 Å². The van der Waals surface area contributed by atoms with Gasteiger partial charge in [-0.1, -0.05) is 23.2 Å². The third-order valence-corrected chi connectivity index (χ3v) is 4.30. The molecule has 4 rings (SSSR count). The van der Waals surface area contributed by atoms with Crippen molar-refractivity contribution in [2.75, 3.05) is 19.6 Å². The van der Waals surface area contributed by atoms with E-state index in [0.717, 1.165) is 12.3 Å². The lowest BCUT2D eigenvalue weighted by molar-refractivity contribution is -0.00770. The van der Waals surface area contributed by atoms with E-state index in [4.69, 9.17) is 27.9 Å². The number of hydrogen-bond acceptors (Lipinski definition) is 2. The molecule has 1 atom stereocenters. The minimum Gasteiger partial charge on any atom is -0.487 e. The summed E-state index contributed by atoms with van der Waals surface area (Å²) >= 11 is 12.0. The standard InChI is InChI=1S/C13H15Cl2NO/c14-10-1-2-12(11(15)7-10)17-13-8-16-5-3-9(13)4-6-16/h1-2,7,9,13H,3-6,8H2. The number of ether oxygens (including phenoxy) is 1. The van der Waals surface area contributed by atoms with Crippen LogP contribution in [-0.4, -0.2) is 30.6 Å².